The highest BCUT2D eigenvalue weighted by molar-refractivity contribution is 5.94. The molecule has 1 aromatic heterocycles. The number of nitrogens with one attached hydrogen (secondary N) is 2. The molecule has 0 spiro atoms. The molecule has 1 amide bonds. The van der Waals surface area contributed by atoms with Crippen molar-refractivity contribution in [3.05, 3.63) is 53.7 Å². The molecule has 132 valence electrons. The predicted molar refractivity (Wildman–Crippen MR) is 99.9 cm³/mol. The number of hydrogen-bond donors (Lipinski definition) is 2. The average Bonchev–Trinajstić information content (AvgIpc) is 3.06. The molecule has 5 nitrogen and oxygen atoms in total. The second-order valence-corrected chi connectivity index (χ2v) is 6.92. The van der Waals surface area contributed by atoms with E-state index in [-0.39, 0.29) is 11.8 Å². The number of hydrogen-bond acceptors (Lipinski definition) is 3. The SMILES string of the molecule is O=C(Nc1ccc2c(c1)OCCO2)C1CCc2[nH]c3ccccc3c2C1. The summed E-state index contributed by atoms with van der Waals surface area (Å²) in [5.74, 6) is 1.47. The number of benzene rings is 2. The fourth-order valence-electron chi connectivity index (χ4n) is 3.96. The van der Waals surface area contributed by atoms with Crippen molar-refractivity contribution in [2.45, 2.75) is 19.3 Å². The van der Waals surface area contributed by atoms with E-state index in [0.29, 0.717) is 19.0 Å². The summed E-state index contributed by atoms with van der Waals surface area (Å²) >= 11 is 0. The number of aromatic amines is 1. The third-order valence-electron chi connectivity index (χ3n) is 5.28. The fourth-order valence-corrected chi connectivity index (χ4v) is 3.96. The Morgan fingerprint density at radius 2 is 1.92 bits per heavy atom. The first kappa shape index (κ1) is 15.3. The van der Waals surface area contributed by atoms with E-state index in [4.69, 9.17) is 9.47 Å². The van der Waals surface area contributed by atoms with Crippen molar-refractivity contribution >= 4 is 22.5 Å². The van der Waals surface area contributed by atoms with Crippen molar-refractivity contribution in [1.82, 2.24) is 4.98 Å². The minimum atomic E-state index is -0.0186. The molecule has 0 fully saturated rings. The van der Waals surface area contributed by atoms with Gasteiger partial charge in [0.25, 0.3) is 0 Å². The molecule has 2 aliphatic rings. The van der Waals surface area contributed by atoms with Crippen LogP contribution in [0.4, 0.5) is 5.69 Å². The number of rotatable bonds is 2. The van der Waals surface area contributed by atoms with Crippen molar-refractivity contribution in [2.75, 3.05) is 18.5 Å². The molecule has 0 bridgehead atoms. The van der Waals surface area contributed by atoms with Gasteiger partial charge in [-0.15, -0.1) is 0 Å². The van der Waals surface area contributed by atoms with Crippen molar-refractivity contribution in [1.29, 1.82) is 0 Å². The average molecular weight is 348 g/mol. The van der Waals surface area contributed by atoms with Gasteiger partial charge in [-0.1, -0.05) is 18.2 Å². The number of ether oxygens (including phenoxy) is 2. The molecule has 0 saturated carbocycles. The van der Waals surface area contributed by atoms with Gasteiger partial charge in [-0.05, 0) is 43.0 Å². The number of aromatic nitrogens is 1. The summed E-state index contributed by atoms with van der Waals surface area (Å²) in [6.45, 7) is 1.10. The fraction of sp³-hybridized carbons (Fsp3) is 0.286. The molecule has 2 N–H and O–H groups in total. The lowest BCUT2D eigenvalue weighted by atomic mass is 9.86. The zero-order chi connectivity index (χ0) is 17.5. The Hall–Kier alpha value is -2.95. The van der Waals surface area contributed by atoms with E-state index < -0.39 is 0 Å². The van der Waals surface area contributed by atoms with Crippen molar-refractivity contribution in [3.8, 4) is 11.5 Å². The smallest absolute Gasteiger partial charge is 0.227 e. The van der Waals surface area contributed by atoms with Crippen LogP contribution in [-0.2, 0) is 17.6 Å². The summed E-state index contributed by atoms with van der Waals surface area (Å²) in [7, 11) is 0. The van der Waals surface area contributed by atoms with Gasteiger partial charge in [0, 0.05) is 34.3 Å². The Kier molecular flexibility index (Phi) is 3.59. The summed E-state index contributed by atoms with van der Waals surface area (Å²) in [6.07, 6.45) is 2.54. The van der Waals surface area contributed by atoms with E-state index in [1.165, 1.54) is 16.6 Å². The van der Waals surface area contributed by atoms with Gasteiger partial charge in [-0.25, -0.2) is 0 Å². The summed E-state index contributed by atoms with van der Waals surface area (Å²) < 4.78 is 11.1. The molecule has 0 saturated heterocycles. The maximum absolute atomic E-state index is 12.8. The van der Waals surface area contributed by atoms with Crippen LogP contribution < -0.4 is 14.8 Å². The van der Waals surface area contributed by atoms with Crippen molar-refractivity contribution in [2.24, 2.45) is 5.92 Å². The number of H-pyrrole nitrogens is 1. The van der Waals surface area contributed by atoms with E-state index in [2.05, 4.69) is 28.5 Å². The molecule has 3 aromatic rings. The summed E-state index contributed by atoms with van der Waals surface area (Å²) in [5.41, 5.74) is 4.47. The first-order valence-corrected chi connectivity index (χ1v) is 9.07. The first-order chi connectivity index (χ1) is 12.8. The number of para-hydroxylation sites is 1. The maximum atomic E-state index is 12.8. The third kappa shape index (κ3) is 2.60. The number of aryl methyl sites for hydroxylation is 1. The van der Waals surface area contributed by atoms with Crippen LogP contribution in [0, 0.1) is 5.92 Å². The molecule has 1 aliphatic carbocycles. The summed E-state index contributed by atoms with van der Waals surface area (Å²) in [6, 6.07) is 13.9. The van der Waals surface area contributed by atoms with E-state index in [1.54, 1.807) is 0 Å². The van der Waals surface area contributed by atoms with Gasteiger partial charge in [-0.2, -0.15) is 0 Å². The Morgan fingerprint density at radius 3 is 2.85 bits per heavy atom. The van der Waals surface area contributed by atoms with Gasteiger partial charge in [-0.3, -0.25) is 4.79 Å². The molecule has 1 atom stereocenters. The van der Waals surface area contributed by atoms with Crippen LogP contribution in [0.25, 0.3) is 10.9 Å². The first-order valence-electron chi connectivity index (χ1n) is 9.07. The quantitative estimate of drug-likeness (QED) is 0.742. The Balaban J connectivity index is 1.35. The standard InChI is InChI=1S/C21H20N2O3/c24-21(22-14-6-8-19-20(12-14)26-10-9-25-19)13-5-7-18-16(11-13)15-3-1-2-4-17(15)23-18/h1-4,6,8,12-13,23H,5,7,9-11H2,(H,22,24). The molecule has 2 aromatic carbocycles. The van der Waals surface area contributed by atoms with Crippen molar-refractivity contribution < 1.29 is 14.3 Å². The second kappa shape index (κ2) is 6.09. The van der Waals surface area contributed by atoms with Crippen LogP contribution in [0.5, 0.6) is 11.5 Å². The largest absolute Gasteiger partial charge is 0.486 e. The summed E-state index contributed by atoms with van der Waals surface area (Å²) in [5, 5.41) is 4.28. The number of amides is 1. The van der Waals surface area contributed by atoms with E-state index >= 15 is 0 Å². The molecule has 5 rings (SSSR count). The van der Waals surface area contributed by atoms with Gasteiger partial charge in [0.1, 0.15) is 13.2 Å². The molecule has 2 heterocycles. The zero-order valence-electron chi connectivity index (χ0n) is 14.4. The maximum Gasteiger partial charge on any atom is 0.227 e. The predicted octanol–water partition coefficient (Wildman–Crippen LogP) is 3.68. The van der Waals surface area contributed by atoms with E-state index in [1.807, 2.05) is 24.3 Å². The van der Waals surface area contributed by atoms with Gasteiger partial charge in [0.2, 0.25) is 5.91 Å². The van der Waals surface area contributed by atoms with Crippen LogP contribution in [0.2, 0.25) is 0 Å². The molecule has 26 heavy (non-hydrogen) atoms. The number of anilines is 1. The van der Waals surface area contributed by atoms with Crippen LogP contribution >= 0.6 is 0 Å². The number of carbonyl (C=O) groups is 1. The zero-order valence-corrected chi connectivity index (χ0v) is 14.4. The molecule has 0 radical (unpaired) electrons. The number of fused-ring (bicyclic) bond motifs is 4. The minimum Gasteiger partial charge on any atom is -0.486 e. The lowest BCUT2D eigenvalue weighted by molar-refractivity contribution is -0.120. The third-order valence-corrected chi connectivity index (χ3v) is 5.28. The Bertz CT molecular complexity index is 992. The summed E-state index contributed by atoms with van der Waals surface area (Å²) in [4.78, 5) is 16.3. The lowest BCUT2D eigenvalue weighted by Gasteiger charge is -2.23. The lowest BCUT2D eigenvalue weighted by Crippen LogP contribution is -2.28. The Labute approximate surface area is 151 Å². The van der Waals surface area contributed by atoms with Gasteiger partial charge in [0.15, 0.2) is 11.5 Å². The molecule has 1 aliphatic heterocycles. The van der Waals surface area contributed by atoms with Crippen molar-refractivity contribution in [3.63, 3.8) is 0 Å². The molecule has 5 heteroatoms. The number of carbonyl (C=O) groups excluding carboxylic acids is 1. The van der Waals surface area contributed by atoms with Crippen LogP contribution in [0.1, 0.15) is 17.7 Å². The topological polar surface area (TPSA) is 63.4 Å². The molecular weight excluding hydrogens is 328 g/mol. The second-order valence-electron chi connectivity index (χ2n) is 6.92. The minimum absolute atomic E-state index is 0.0186. The van der Waals surface area contributed by atoms with Gasteiger partial charge < -0.3 is 19.8 Å². The van der Waals surface area contributed by atoms with E-state index in [9.17, 15) is 4.79 Å². The van der Waals surface area contributed by atoms with Gasteiger partial charge in [0.05, 0.1) is 0 Å². The highest BCUT2D eigenvalue weighted by Gasteiger charge is 2.27. The van der Waals surface area contributed by atoms with E-state index in [0.717, 1.165) is 36.2 Å². The molecular formula is C21H20N2O3. The highest BCUT2D eigenvalue weighted by Crippen LogP contribution is 2.34. The van der Waals surface area contributed by atoms with Crippen LogP contribution in [0.3, 0.4) is 0 Å². The monoisotopic (exact) mass is 348 g/mol. The van der Waals surface area contributed by atoms with Crippen LogP contribution in [-0.4, -0.2) is 24.1 Å². The Morgan fingerprint density at radius 1 is 1.08 bits per heavy atom. The highest BCUT2D eigenvalue weighted by atomic mass is 16.6. The molecule has 1 unspecified atom stereocenters. The van der Waals surface area contributed by atoms with Crippen LogP contribution in [0.15, 0.2) is 42.5 Å². The van der Waals surface area contributed by atoms with Gasteiger partial charge >= 0.3 is 0 Å². The normalized spacial score (nSPS) is 18.4.